The average Bonchev–Trinajstić information content (AvgIpc) is 1.95. The normalized spacial score (nSPS) is 21.3. The van der Waals surface area contributed by atoms with Gasteiger partial charge < -0.3 is 14.8 Å². The SMILES string of the molecule is CCOCCOC1(C)CNC1. The first-order chi connectivity index (χ1) is 5.27. The van der Waals surface area contributed by atoms with Crippen molar-refractivity contribution >= 4 is 0 Å². The molecule has 1 heterocycles. The van der Waals surface area contributed by atoms with Crippen LogP contribution < -0.4 is 5.32 Å². The molecule has 0 aromatic heterocycles. The number of nitrogens with one attached hydrogen (secondary N) is 1. The van der Waals surface area contributed by atoms with Gasteiger partial charge in [-0.1, -0.05) is 0 Å². The van der Waals surface area contributed by atoms with E-state index in [1.54, 1.807) is 0 Å². The third kappa shape index (κ3) is 2.77. The van der Waals surface area contributed by atoms with Gasteiger partial charge in [-0.25, -0.2) is 0 Å². The maximum Gasteiger partial charge on any atom is 0.0903 e. The summed E-state index contributed by atoms with van der Waals surface area (Å²) in [7, 11) is 0. The maximum absolute atomic E-state index is 5.58. The molecule has 1 aliphatic rings. The van der Waals surface area contributed by atoms with Gasteiger partial charge >= 0.3 is 0 Å². The van der Waals surface area contributed by atoms with Crippen molar-refractivity contribution in [2.75, 3.05) is 32.9 Å². The standard InChI is InChI=1S/C8H17NO2/c1-3-10-4-5-11-8(2)6-9-7-8/h9H,3-7H2,1-2H3. The van der Waals surface area contributed by atoms with Crippen molar-refractivity contribution in [2.24, 2.45) is 0 Å². The van der Waals surface area contributed by atoms with Crippen LogP contribution >= 0.6 is 0 Å². The molecule has 1 rings (SSSR count). The highest BCUT2D eigenvalue weighted by Gasteiger charge is 2.31. The minimum atomic E-state index is 0.0805. The van der Waals surface area contributed by atoms with E-state index in [0.29, 0.717) is 13.2 Å². The molecule has 0 radical (unpaired) electrons. The molecule has 0 saturated carbocycles. The highest BCUT2D eigenvalue weighted by atomic mass is 16.5. The summed E-state index contributed by atoms with van der Waals surface area (Å²) in [5.41, 5.74) is 0.0805. The molecule has 0 aromatic rings. The summed E-state index contributed by atoms with van der Waals surface area (Å²) >= 11 is 0. The third-order valence-electron chi connectivity index (χ3n) is 1.88. The Bertz CT molecular complexity index is 113. The van der Waals surface area contributed by atoms with Crippen LogP contribution in [0.1, 0.15) is 13.8 Å². The van der Waals surface area contributed by atoms with Gasteiger partial charge in [0.25, 0.3) is 0 Å². The molecule has 1 N–H and O–H groups in total. The first-order valence-corrected chi connectivity index (χ1v) is 4.19. The second-order valence-electron chi connectivity index (χ2n) is 3.10. The fourth-order valence-corrected chi connectivity index (χ4v) is 1.07. The summed E-state index contributed by atoms with van der Waals surface area (Å²) in [5, 5.41) is 3.18. The lowest BCUT2D eigenvalue weighted by Crippen LogP contribution is -2.59. The summed E-state index contributed by atoms with van der Waals surface area (Å²) in [6.45, 7) is 8.26. The third-order valence-corrected chi connectivity index (χ3v) is 1.88. The van der Waals surface area contributed by atoms with Gasteiger partial charge in [0.2, 0.25) is 0 Å². The average molecular weight is 159 g/mol. The van der Waals surface area contributed by atoms with Gasteiger partial charge in [0, 0.05) is 19.7 Å². The lowest BCUT2D eigenvalue weighted by atomic mass is 10.0. The van der Waals surface area contributed by atoms with Crippen molar-refractivity contribution in [1.29, 1.82) is 0 Å². The van der Waals surface area contributed by atoms with Gasteiger partial charge in [0.1, 0.15) is 0 Å². The van der Waals surface area contributed by atoms with Crippen molar-refractivity contribution in [2.45, 2.75) is 19.4 Å². The Kier molecular flexibility index (Phi) is 3.30. The number of rotatable bonds is 5. The van der Waals surface area contributed by atoms with E-state index in [1.807, 2.05) is 6.92 Å². The minimum absolute atomic E-state index is 0.0805. The zero-order valence-electron chi connectivity index (χ0n) is 7.35. The predicted molar refractivity (Wildman–Crippen MR) is 43.7 cm³/mol. The van der Waals surface area contributed by atoms with E-state index in [4.69, 9.17) is 9.47 Å². The van der Waals surface area contributed by atoms with E-state index in [2.05, 4.69) is 12.2 Å². The molecule has 3 nitrogen and oxygen atoms in total. The van der Waals surface area contributed by atoms with Crippen LogP contribution in [0.15, 0.2) is 0 Å². The van der Waals surface area contributed by atoms with Crippen molar-refractivity contribution in [3.8, 4) is 0 Å². The lowest BCUT2D eigenvalue weighted by Gasteiger charge is -2.39. The van der Waals surface area contributed by atoms with Crippen LogP contribution in [-0.4, -0.2) is 38.5 Å². The van der Waals surface area contributed by atoms with Crippen molar-refractivity contribution in [3.63, 3.8) is 0 Å². The van der Waals surface area contributed by atoms with E-state index >= 15 is 0 Å². The second kappa shape index (κ2) is 4.04. The molecule has 3 heteroatoms. The first-order valence-electron chi connectivity index (χ1n) is 4.19. The summed E-state index contributed by atoms with van der Waals surface area (Å²) in [6.07, 6.45) is 0. The predicted octanol–water partition coefficient (Wildman–Crippen LogP) is 0.401. The molecule has 1 saturated heterocycles. The Labute approximate surface area is 68.1 Å². The van der Waals surface area contributed by atoms with Crippen LogP contribution in [0.25, 0.3) is 0 Å². The van der Waals surface area contributed by atoms with Crippen LogP contribution in [0.3, 0.4) is 0 Å². The summed E-state index contributed by atoms with van der Waals surface area (Å²) in [6, 6.07) is 0. The van der Waals surface area contributed by atoms with Crippen molar-refractivity contribution in [1.82, 2.24) is 5.32 Å². The first kappa shape index (κ1) is 8.97. The molecular weight excluding hydrogens is 142 g/mol. The number of ether oxygens (including phenoxy) is 2. The number of hydrogen-bond donors (Lipinski definition) is 1. The number of hydrogen-bond acceptors (Lipinski definition) is 3. The molecule has 1 fully saturated rings. The van der Waals surface area contributed by atoms with E-state index < -0.39 is 0 Å². The maximum atomic E-state index is 5.58. The van der Waals surface area contributed by atoms with Crippen LogP contribution in [0.4, 0.5) is 0 Å². The fourth-order valence-electron chi connectivity index (χ4n) is 1.07. The fraction of sp³-hybridized carbons (Fsp3) is 1.00. The molecule has 0 aliphatic carbocycles. The molecule has 0 bridgehead atoms. The van der Waals surface area contributed by atoms with Gasteiger partial charge in [-0.3, -0.25) is 0 Å². The molecule has 0 unspecified atom stereocenters. The van der Waals surface area contributed by atoms with Crippen molar-refractivity contribution in [3.05, 3.63) is 0 Å². The molecule has 66 valence electrons. The topological polar surface area (TPSA) is 30.5 Å². The second-order valence-corrected chi connectivity index (χ2v) is 3.10. The zero-order chi connectivity index (χ0) is 8.16. The van der Waals surface area contributed by atoms with Gasteiger partial charge in [0.15, 0.2) is 0 Å². The van der Waals surface area contributed by atoms with Crippen LogP contribution in [-0.2, 0) is 9.47 Å². The molecular formula is C8H17NO2. The largest absolute Gasteiger partial charge is 0.379 e. The smallest absolute Gasteiger partial charge is 0.0903 e. The Morgan fingerprint density at radius 1 is 1.36 bits per heavy atom. The van der Waals surface area contributed by atoms with Gasteiger partial charge in [0.05, 0.1) is 18.8 Å². The van der Waals surface area contributed by atoms with E-state index in [0.717, 1.165) is 19.7 Å². The Morgan fingerprint density at radius 2 is 2.09 bits per heavy atom. The molecule has 1 aliphatic heterocycles. The molecule has 0 spiro atoms. The molecule has 11 heavy (non-hydrogen) atoms. The van der Waals surface area contributed by atoms with E-state index in [9.17, 15) is 0 Å². The molecule has 0 amide bonds. The van der Waals surface area contributed by atoms with Crippen LogP contribution in [0.5, 0.6) is 0 Å². The Balaban J connectivity index is 1.94. The van der Waals surface area contributed by atoms with Gasteiger partial charge in [-0.2, -0.15) is 0 Å². The van der Waals surface area contributed by atoms with Crippen LogP contribution in [0, 0.1) is 0 Å². The van der Waals surface area contributed by atoms with Gasteiger partial charge in [-0.15, -0.1) is 0 Å². The lowest BCUT2D eigenvalue weighted by molar-refractivity contribution is -0.0838. The zero-order valence-corrected chi connectivity index (χ0v) is 7.35. The summed E-state index contributed by atoms with van der Waals surface area (Å²) < 4.78 is 10.7. The Hall–Kier alpha value is -0.120. The van der Waals surface area contributed by atoms with E-state index in [1.165, 1.54) is 0 Å². The molecule has 0 aromatic carbocycles. The van der Waals surface area contributed by atoms with E-state index in [-0.39, 0.29) is 5.60 Å². The highest BCUT2D eigenvalue weighted by molar-refractivity contribution is 4.89. The Morgan fingerprint density at radius 3 is 2.55 bits per heavy atom. The van der Waals surface area contributed by atoms with Crippen LogP contribution in [0.2, 0.25) is 0 Å². The molecule has 0 atom stereocenters. The van der Waals surface area contributed by atoms with Crippen molar-refractivity contribution < 1.29 is 9.47 Å². The summed E-state index contributed by atoms with van der Waals surface area (Å²) in [5.74, 6) is 0. The quantitative estimate of drug-likeness (QED) is 0.589. The minimum Gasteiger partial charge on any atom is -0.379 e. The monoisotopic (exact) mass is 159 g/mol. The highest BCUT2D eigenvalue weighted by Crippen LogP contribution is 2.14. The summed E-state index contributed by atoms with van der Waals surface area (Å²) in [4.78, 5) is 0. The van der Waals surface area contributed by atoms with Gasteiger partial charge in [-0.05, 0) is 13.8 Å².